The fraction of sp³-hybridized carbons (Fsp3) is 0.105. The third kappa shape index (κ3) is 3.83. The van der Waals surface area contributed by atoms with Crippen molar-refractivity contribution in [3.63, 3.8) is 0 Å². The second-order valence-electron chi connectivity index (χ2n) is 5.76. The molecule has 3 rings (SSSR count). The Kier molecular flexibility index (Phi) is 4.88. The van der Waals surface area contributed by atoms with E-state index in [2.05, 4.69) is 20.6 Å². The maximum absolute atomic E-state index is 13.3. The number of rotatable bonds is 4. The number of carbonyl (C=O) groups excluding carboxylic acids is 1. The maximum atomic E-state index is 13.3. The molecule has 132 valence electrons. The van der Waals surface area contributed by atoms with Gasteiger partial charge in [-0.15, -0.1) is 0 Å². The summed E-state index contributed by atoms with van der Waals surface area (Å²) >= 11 is 0. The lowest BCUT2D eigenvalue weighted by Gasteiger charge is -2.12. The molecule has 1 aromatic heterocycles. The van der Waals surface area contributed by atoms with Crippen molar-refractivity contribution < 1.29 is 13.6 Å². The molecule has 7 heteroatoms. The van der Waals surface area contributed by atoms with Gasteiger partial charge in [0.05, 0.1) is 0 Å². The molecule has 0 aliphatic carbocycles. The number of nitrogens with zero attached hydrogens (tertiary/aromatic N) is 2. The number of halogens is 2. The molecule has 0 saturated heterocycles. The number of benzene rings is 2. The molecule has 0 spiro atoms. The second kappa shape index (κ2) is 7.26. The Morgan fingerprint density at radius 1 is 0.962 bits per heavy atom. The van der Waals surface area contributed by atoms with Crippen LogP contribution in [0.2, 0.25) is 0 Å². The first kappa shape index (κ1) is 17.5. The van der Waals surface area contributed by atoms with Gasteiger partial charge in [-0.3, -0.25) is 4.79 Å². The standard InChI is InChI=1S/C19H16F2N4O/c1-11-4-3-5-12(2)18(11)25-17-9-16(22-10-23-17)19(26)24-13-6-7-14(20)15(21)8-13/h3-10H,1-2H3,(H,24,26)(H,22,23,25). The number of amides is 1. The highest BCUT2D eigenvalue weighted by atomic mass is 19.2. The summed E-state index contributed by atoms with van der Waals surface area (Å²) in [5.41, 5.74) is 3.21. The average Bonchev–Trinajstić information content (AvgIpc) is 2.62. The summed E-state index contributed by atoms with van der Waals surface area (Å²) < 4.78 is 26.2. The molecule has 3 aromatic rings. The van der Waals surface area contributed by atoms with Gasteiger partial charge in [-0.2, -0.15) is 0 Å². The summed E-state index contributed by atoms with van der Waals surface area (Å²) in [7, 11) is 0. The van der Waals surface area contributed by atoms with E-state index < -0.39 is 17.5 Å². The lowest BCUT2D eigenvalue weighted by atomic mass is 10.1. The number of aryl methyl sites for hydroxylation is 2. The fourth-order valence-corrected chi connectivity index (χ4v) is 2.46. The van der Waals surface area contributed by atoms with Crippen LogP contribution in [0.25, 0.3) is 0 Å². The molecule has 0 bridgehead atoms. The minimum atomic E-state index is -1.04. The Balaban J connectivity index is 1.80. The highest BCUT2D eigenvalue weighted by Crippen LogP contribution is 2.23. The zero-order valence-corrected chi connectivity index (χ0v) is 14.2. The van der Waals surface area contributed by atoms with Gasteiger partial charge < -0.3 is 10.6 Å². The maximum Gasteiger partial charge on any atom is 0.274 e. The van der Waals surface area contributed by atoms with E-state index in [4.69, 9.17) is 0 Å². The van der Waals surface area contributed by atoms with E-state index in [9.17, 15) is 13.6 Å². The molecule has 0 unspecified atom stereocenters. The van der Waals surface area contributed by atoms with E-state index >= 15 is 0 Å². The van der Waals surface area contributed by atoms with Gasteiger partial charge in [0.1, 0.15) is 17.8 Å². The molecule has 0 aliphatic rings. The summed E-state index contributed by atoms with van der Waals surface area (Å²) in [6.45, 7) is 3.93. The molecular formula is C19H16F2N4O. The lowest BCUT2D eigenvalue weighted by Crippen LogP contribution is -2.14. The van der Waals surface area contributed by atoms with Crippen LogP contribution in [-0.2, 0) is 0 Å². The van der Waals surface area contributed by atoms with Crippen molar-refractivity contribution in [2.24, 2.45) is 0 Å². The third-order valence-electron chi connectivity index (χ3n) is 3.81. The van der Waals surface area contributed by atoms with Gasteiger partial charge in [-0.05, 0) is 37.1 Å². The number of aromatic nitrogens is 2. The van der Waals surface area contributed by atoms with Crippen molar-refractivity contribution in [2.45, 2.75) is 13.8 Å². The minimum absolute atomic E-state index is 0.0958. The van der Waals surface area contributed by atoms with E-state index in [0.29, 0.717) is 5.82 Å². The Morgan fingerprint density at radius 3 is 2.38 bits per heavy atom. The first-order chi connectivity index (χ1) is 12.4. The average molecular weight is 354 g/mol. The van der Waals surface area contributed by atoms with Crippen LogP contribution in [0.1, 0.15) is 21.6 Å². The van der Waals surface area contributed by atoms with Gasteiger partial charge in [0, 0.05) is 23.5 Å². The van der Waals surface area contributed by atoms with Crippen molar-refractivity contribution in [3.8, 4) is 0 Å². The molecule has 0 atom stereocenters. The lowest BCUT2D eigenvalue weighted by molar-refractivity contribution is 0.102. The largest absolute Gasteiger partial charge is 0.340 e. The number of hydrogen-bond acceptors (Lipinski definition) is 4. The van der Waals surface area contributed by atoms with Crippen LogP contribution in [0.3, 0.4) is 0 Å². The fourth-order valence-electron chi connectivity index (χ4n) is 2.46. The smallest absolute Gasteiger partial charge is 0.274 e. The monoisotopic (exact) mass is 354 g/mol. The Hall–Kier alpha value is -3.35. The molecule has 2 aromatic carbocycles. The van der Waals surface area contributed by atoms with Gasteiger partial charge in [-0.25, -0.2) is 18.7 Å². The van der Waals surface area contributed by atoms with E-state index in [-0.39, 0.29) is 11.4 Å². The Morgan fingerprint density at radius 2 is 1.69 bits per heavy atom. The molecule has 0 saturated carbocycles. The molecule has 0 aliphatic heterocycles. The van der Waals surface area contributed by atoms with Crippen molar-refractivity contribution in [1.29, 1.82) is 0 Å². The Labute approximate surface area is 149 Å². The number of carbonyl (C=O) groups is 1. The Bertz CT molecular complexity index is 955. The highest BCUT2D eigenvalue weighted by molar-refractivity contribution is 6.03. The molecule has 1 amide bonds. The van der Waals surface area contributed by atoms with Crippen LogP contribution < -0.4 is 10.6 Å². The summed E-state index contributed by atoms with van der Waals surface area (Å²) in [5.74, 6) is -2.12. The molecular weight excluding hydrogens is 338 g/mol. The number of anilines is 3. The molecule has 26 heavy (non-hydrogen) atoms. The zero-order chi connectivity index (χ0) is 18.7. The van der Waals surface area contributed by atoms with E-state index in [1.165, 1.54) is 18.5 Å². The van der Waals surface area contributed by atoms with Crippen LogP contribution in [0.5, 0.6) is 0 Å². The third-order valence-corrected chi connectivity index (χ3v) is 3.81. The summed E-state index contributed by atoms with van der Waals surface area (Å²) in [5, 5.41) is 5.65. The topological polar surface area (TPSA) is 66.9 Å². The van der Waals surface area contributed by atoms with Crippen LogP contribution in [0, 0.1) is 25.5 Å². The van der Waals surface area contributed by atoms with Gasteiger partial charge in [0.2, 0.25) is 0 Å². The highest BCUT2D eigenvalue weighted by Gasteiger charge is 2.12. The number of hydrogen-bond donors (Lipinski definition) is 2. The van der Waals surface area contributed by atoms with Gasteiger partial charge in [0.25, 0.3) is 5.91 Å². The summed E-state index contributed by atoms with van der Waals surface area (Å²) in [6.07, 6.45) is 1.26. The molecule has 5 nitrogen and oxygen atoms in total. The van der Waals surface area contributed by atoms with Crippen molar-refractivity contribution in [3.05, 3.63) is 77.2 Å². The zero-order valence-electron chi connectivity index (χ0n) is 14.2. The second-order valence-corrected chi connectivity index (χ2v) is 5.76. The van der Waals surface area contributed by atoms with Gasteiger partial charge in [-0.1, -0.05) is 18.2 Å². The molecule has 0 fully saturated rings. The van der Waals surface area contributed by atoms with E-state index in [1.807, 2.05) is 32.0 Å². The van der Waals surface area contributed by atoms with Crippen molar-refractivity contribution in [2.75, 3.05) is 10.6 Å². The van der Waals surface area contributed by atoms with Gasteiger partial charge >= 0.3 is 0 Å². The predicted octanol–water partition coefficient (Wildman–Crippen LogP) is 4.37. The van der Waals surface area contributed by atoms with Crippen molar-refractivity contribution in [1.82, 2.24) is 9.97 Å². The number of nitrogens with one attached hydrogen (secondary N) is 2. The van der Waals surface area contributed by atoms with Crippen LogP contribution in [0.15, 0.2) is 48.8 Å². The molecule has 0 radical (unpaired) electrons. The van der Waals surface area contributed by atoms with Crippen LogP contribution in [-0.4, -0.2) is 15.9 Å². The normalized spacial score (nSPS) is 10.5. The summed E-state index contributed by atoms with van der Waals surface area (Å²) in [4.78, 5) is 20.4. The van der Waals surface area contributed by atoms with E-state index in [0.717, 1.165) is 28.9 Å². The van der Waals surface area contributed by atoms with Crippen molar-refractivity contribution >= 4 is 23.1 Å². The van der Waals surface area contributed by atoms with Crippen LogP contribution >= 0.6 is 0 Å². The first-order valence-electron chi connectivity index (χ1n) is 7.86. The SMILES string of the molecule is Cc1cccc(C)c1Nc1cc(C(=O)Nc2ccc(F)c(F)c2)ncn1. The number of para-hydroxylation sites is 1. The van der Waals surface area contributed by atoms with Crippen LogP contribution in [0.4, 0.5) is 26.0 Å². The first-order valence-corrected chi connectivity index (χ1v) is 7.86. The predicted molar refractivity (Wildman–Crippen MR) is 95.5 cm³/mol. The minimum Gasteiger partial charge on any atom is -0.340 e. The van der Waals surface area contributed by atoms with Gasteiger partial charge in [0.15, 0.2) is 11.6 Å². The van der Waals surface area contributed by atoms with E-state index in [1.54, 1.807) is 0 Å². The molecule has 2 N–H and O–H groups in total. The quantitative estimate of drug-likeness (QED) is 0.730. The molecule has 1 heterocycles. The summed E-state index contributed by atoms with van der Waals surface area (Å²) in [6, 6.07) is 10.5.